The summed E-state index contributed by atoms with van der Waals surface area (Å²) in [5.74, 6) is 0. The molecule has 1 rings (SSSR count). The maximum Gasteiger partial charge on any atom is 0.418 e. The summed E-state index contributed by atoms with van der Waals surface area (Å²) in [7, 11) is 3.09. The number of alkyl halides is 3. The SMILES string of the molecule is CN(C)c1ccc(C(N)=S)cc1C(F)(F)F. The quantitative estimate of drug-likeness (QED) is 0.815. The van der Waals surface area contributed by atoms with E-state index in [2.05, 4.69) is 12.2 Å². The second-order valence-electron chi connectivity index (χ2n) is 3.49. The minimum absolute atomic E-state index is 0.0455. The number of nitrogens with two attached hydrogens (primary N) is 1. The van der Waals surface area contributed by atoms with E-state index in [0.717, 1.165) is 6.07 Å². The molecular weight excluding hydrogens is 237 g/mol. The molecule has 0 bridgehead atoms. The van der Waals surface area contributed by atoms with Gasteiger partial charge >= 0.3 is 6.18 Å². The highest BCUT2D eigenvalue weighted by atomic mass is 32.1. The fourth-order valence-electron chi connectivity index (χ4n) is 1.31. The van der Waals surface area contributed by atoms with Crippen LogP contribution in [0.3, 0.4) is 0 Å². The van der Waals surface area contributed by atoms with Crippen molar-refractivity contribution >= 4 is 22.9 Å². The molecular formula is C10H11F3N2S. The van der Waals surface area contributed by atoms with Gasteiger partial charge in [0.25, 0.3) is 0 Å². The Morgan fingerprint density at radius 3 is 2.25 bits per heavy atom. The molecule has 2 nitrogen and oxygen atoms in total. The van der Waals surface area contributed by atoms with Gasteiger partial charge in [-0.2, -0.15) is 13.2 Å². The van der Waals surface area contributed by atoms with E-state index in [-0.39, 0.29) is 16.2 Å². The van der Waals surface area contributed by atoms with Crippen LogP contribution in [0.15, 0.2) is 18.2 Å². The molecule has 16 heavy (non-hydrogen) atoms. The van der Waals surface area contributed by atoms with Gasteiger partial charge in [-0.1, -0.05) is 12.2 Å². The minimum atomic E-state index is -4.42. The van der Waals surface area contributed by atoms with Gasteiger partial charge in [0.1, 0.15) is 4.99 Å². The molecule has 6 heteroatoms. The van der Waals surface area contributed by atoms with Crippen LogP contribution in [0.5, 0.6) is 0 Å². The zero-order valence-corrected chi connectivity index (χ0v) is 9.62. The molecule has 1 aromatic carbocycles. The molecule has 0 radical (unpaired) electrons. The van der Waals surface area contributed by atoms with Crippen molar-refractivity contribution in [2.75, 3.05) is 19.0 Å². The van der Waals surface area contributed by atoms with E-state index in [1.807, 2.05) is 0 Å². The summed E-state index contributed by atoms with van der Waals surface area (Å²) >= 11 is 4.65. The van der Waals surface area contributed by atoms with Gasteiger partial charge in [-0.05, 0) is 18.2 Å². The highest BCUT2D eigenvalue weighted by Crippen LogP contribution is 2.36. The van der Waals surface area contributed by atoms with Crippen LogP contribution >= 0.6 is 12.2 Å². The van der Waals surface area contributed by atoms with Gasteiger partial charge in [0.15, 0.2) is 0 Å². The number of benzene rings is 1. The van der Waals surface area contributed by atoms with Crippen molar-refractivity contribution in [2.24, 2.45) is 5.73 Å². The molecule has 1 aromatic rings. The Hall–Kier alpha value is -1.30. The van der Waals surface area contributed by atoms with Gasteiger partial charge < -0.3 is 10.6 Å². The summed E-state index contributed by atoms with van der Waals surface area (Å²) < 4.78 is 38.2. The monoisotopic (exact) mass is 248 g/mol. The third-order valence-corrected chi connectivity index (χ3v) is 2.30. The lowest BCUT2D eigenvalue weighted by molar-refractivity contribution is -0.137. The van der Waals surface area contributed by atoms with E-state index < -0.39 is 11.7 Å². The average molecular weight is 248 g/mol. The van der Waals surface area contributed by atoms with Gasteiger partial charge in [0.05, 0.1) is 5.56 Å². The van der Waals surface area contributed by atoms with Gasteiger partial charge in [-0.25, -0.2) is 0 Å². The van der Waals surface area contributed by atoms with E-state index >= 15 is 0 Å². The normalized spacial score (nSPS) is 11.3. The van der Waals surface area contributed by atoms with Crippen molar-refractivity contribution in [3.63, 3.8) is 0 Å². The molecule has 0 aliphatic rings. The maximum atomic E-state index is 12.7. The molecule has 0 unspecified atom stereocenters. The summed E-state index contributed by atoms with van der Waals surface area (Å²) in [4.78, 5) is 1.35. The molecule has 0 amide bonds. The molecule has 0 aliphatic carbocycles. The van der Waals surface area contributed by atoms with E-state index in [4.69, 9.17) is 5.73 Å². The van der Waals surface area contributed by atoms with E-state index in [1.54, 1.807) is 14.1 Å². The lowest BCUT2D eigenvalue weighted by Gasteiger charge is -2.20. The van der Waals surface area contributed by atoms with Gasteiger partial charge in [0, 0.05) is 25.3 Å². The average Bonchev–Trinajstić information content (AvgIpc) is 2.15. The molecule has 0 saturated carbocycles. The number of rotatable bonds is 2. The van der Waals surface area contributed by atoms with Crippen molar-refractivity contribution in [1.82, 2.24) is 0 Å². The van der Waals surface area contributed by atoms with Crippen molar-refractivity contribution in [3.8, 4) is 0 Å². The second kappa shape index (κ2) is 4.29. The number of hydrogen-bond donors (Lipinski definition) is 1. The minimum Gasteiger partial charge on any atom is -0.389 e. The van der Waals surface area contributed by atoms with Crippen LogP contribution < -0.4 is 10.6 Å². The first-order chi connectivity index (χ1) is 7.23. The van der Waals surface area contributed by atoms with E-state index in [9.17, 15) is 13.2 Å². The highest BCUT2D eigenvalue weighted by Gasteiger charge is 2.34. The highest BCUT2D eigenvalue weighted by molar-refractivity contribution is 7.80. The van der Waals surface area contributed by atoms with Crippen LogP contribution in [0.4, 0.5) is 18.9 Å². The standard InChI is InChI=1S/C10H11F3N2S/c1-15(2)8-4-3-6(9(14)16)5-7(8)10(11,12)13/h3-5H,1-2H3,(H2,14,16). The molecule has 2 N–H and O–H groups in total. The second-order valence-corrected chi connectivity index (χ2v) is 3.93. The summed E-state index contributed by atoms with van der Waals surface area (Å²) in [6.45, 7) is 0. The van der Waals surface area contributed by atoms with Gasteiger partial charge in [-0.3, -0.25) is 0 Å². The third kappa shape index (κ3) is 2.63. The predicted octanol–water partition coefficient (Wildman–Crippen LogP) is 2.41. The number of anilines is 1. The fraction of sp³-hybridized carbons (Fsp3) is 0.300. The maximum absolute atomic E-state index is 12.7. The lowest BCUT2D eigenvalue weighted by atomic mass is 10.1. The van der Waals surface area contributed by atoms with Crippen molar-refractivity contribution in [1.29, 1.82) is 0 Å². The zero-order chi connectivity index (χ0) is 12.5. The van der Waals surface area contributed by atoms with E-state index in [1.165, 1.54) is 17.0 Å². The Kier molecular flexibility index (Phi) is 3.42. The number of nitrogens with zero attached hydrogens (tertiary/aromatic N) is 1. The summed E-state index contributed by atoms with van der Waals surface area (Å²) in [5, 5.41) is 0. The number of hydrogen-bond acceptors (Lipinski definition) is 2. The van der Waals surface area contributed by atoms with Crippen LogP contribution in [0.2, 0.25) is 0 Å². The predicted molar refractivity (Wildman–Crippen MR) is 61.7 cm³/mol. The molecule has 0 heterocycles. The topological polar surface area (TPSA) is 29.3 Å². The Balaban J connectivity index is 3.39. The molecule has 0 saturated heterocycles. The van der Waals surface area contributed by atoms with Crippen LogP contribution in [-0.2, 0) is 6.18 Å². The molecule has 0 aromatic heterocycles. The van der Waals surface area contributed by atoms with Crippen LogP contribution in [0.25, 0.3) is 0 Å². The van der Waals surface area contributed by atoms with Crippen LogP contribution in [0.1, 0.15) is 11.1 Å². The fourth-order valence-corrected chi connectivity index (χ4v) is 1.43. The Morgan fingerprint density at radius 1 is 1.31 bits per heavy atom. The summed E-state index contributed by atoms with van der Waals surface area (Å²) in [6.07, 6.45) is -4.42. The Morgan fingerprint density at radius 2 is 1.88 bits per heavy atom. The number of halogens is 3. The Labute approximate surface area is 96.8 Å². The molecule has 88 valence electrons. The molecule has 0 atom stereocenters. The first-order valence-electron chi connectivity index (χ1n) is 4.42. The molecule has 0 fully saturated rings. The Bertz CT molecular complexity index is 413. The largest absolute Gasteiger partial charge is 0.418 e. The first-order valence-corrected chi connectivity index (χ1v) is 4.82. The van der Waals surface area contributed by atoms with Crippen LogP contribution in [-0.4, -0.2) is 19.1 Å². The van der Waals surface area contributed by atoms with Crippen molar-refractivity contribution in [2.45, 2.75) is 6.18 Å². The third-order valence-electron chi connectivity index (χ3n) is 2.07. The lowest BCUT2D eigenvalue weighted by Crippen LogP contribution is -2.18. The number of thiocarbonyl (C=S) groups is 1. The smallest absolute Gasteiger partial charge is 0.389 e. The van der Waals surface area contributed by atoms with Crippen molar-refractivity contribution < 1.29 is 13.2 Å². The first kappa shape index (κ1) is 12.8. The summed E-state index contributed by atoms with van der Waals surface area (Å²) in [6, 6.07) is 3.81. The van der Waals surface area contributed by atoms with Crippen LogP contribution in [0, 0.1) is 0 Å². The van der Waals surface area contributed by atoms with E-state index in [0.29, 0.717) is 0 Å². The van der Waals surface area contributed by atoms with Gasteiger partial charge in [0.2, 0.25) is 0 Å². The van der Waals surface area contributed by atoms with Gasteiger partial charge in [-0.15, -0.1) is 0 Å². The molecule has 0 spiro atoms. The summed E-state index contributed by atoms with van der Waals surface area (Å²) in [5.41, 5.74) is 4.88. The van der Waals surface area contributed by atoms with Crippen molar-refractivity contribution in [3.05, 3.63) is 29.3 Å². The molecule has 0 aliphatic heterocycles. The zero-order valence-electron chi connectivity index (χ0n) is 8.80.